The highest BCUT2D eigenvalue weighted by molar-refractivity contribution is 7.99. The lowest BCUT2D eigenvalue weighted by atomic mass is 9.85. The first-order valence-corrected chi connectivity index (χ1v) is 42.7. The van der Waals surface area contributed by atoms with Gasteiger partial charge in [-0.15, -0.1) is 0 Å². The van der Waals surface area contributed by atoms with Gasteiger partial charge >= 0.3 is 0 Å². The molecule has 9 heterocycles. The molecule has 30 nitrogen and oxygen atoms in total. The van der Waals surface area contributed by atoms with Crippen LogP contribution in [0.15, 0.2) is 87.9 Å². The molecule has 1 unspecified atom stereocenters. The molecular formula is C68H87Cl3N18O12S4. The summed E-state index contributed by atoms with van der Waals surface area (Å²) in [6, 6.07) is 14.5. The molecule has 14 rings (SSSR count). The minimum Gasteiger partial charge on any atom is -0.495 e. The smallest absolute Gasteiger partial charge is 0.243 e. The van der Waals surface area contributed by atoms with Gasteiger partial charge in [0.15, 0.2) is 9.84 Å². The Hall–Kier alpha value is -7.74. The topological polar surface area (TPSA) is 372 Å². The molecule has 3 saturated heterocycles. The van der Waals surface area contributed by atoms with Gasteiger partial charge < -0.3 is 70.5 Å². The van der Waals surface area contributed by atoms with E-state index in [9.17, 15) is 29.5 Å². The zero-order valence-corrected chi connectivity index (χ0v) is 64.4. The number of nitrogens with one attached hydrogen (secondary N) is 9. The van der Waals surface area contributed by atoms with Crippen molar-refractivity contribution in [1.82, 2.24) is 58.4 Å². The number of sulfone groups is 1. The molecule has 0 radical (unpaired) electrons. The summed E-state index contributed by atoms with van der Waals surface area (Å²) in [5.41, 5.74) is 3.31. The highest BCUT2D eigenvalue weighted by Gasteiger charge is 2.34. The fraction of sp³-hybridized carbons (Fsp3) is 0.456. The number of halogens is 3. The van der Waals surface area contributed by atoms with Gasteiger partial charge in [-0.3, -0.25) is 9.11 Å². The molecule has 37 heteroatoms. The molecule has 2 aliphatic carbocycles. The maximum Gasteiger partial charge on any atom is 0.243 e. The molecule has 105 heavy (non-hydrogen) atoms. The van der Waals surface area contributed by atoms with E-state index in [0.29, 0.717) is 171 Å². The molecule has 0 spiro atoms. The van der Waals surface area contributed by atoms with E-state index < -0.39 is 39.4 Å². The van der Waals surface area contributed by atoms with Crippen LogP contribution in [0, 0.1) is 11.8 Å². The van der Waals surface area contributed by atoms with Crippen molar-refractivity contribution in [2.45, 2.75) is 78.5 Å². The number of hydrogen-bond donors (Lipinski definition) is 9. The van der Waals surface area contributed by atoms with Crippen LogP contribution in [0.1, 0.15) is 57.8 Å². The van der Waals surface area contributed by atoms with E-state index in [2.05, 4.69) is 82.5 Å². The lowest BCUT2D eigenvalue weighted by Crippen LogP contribution is -2.50. The second kappa shape index (κ2) is 33.6. The van der Waals surface area contributed by atoms with Gasteiger partial charge in [-0.05, 0) is 102 Å². The molecule has 9 aromatic rings. The third kappa shape index (κ3) is 18.6. The second-order valence-corrected chi connectivity index (χ2v) is 36.2. The molecule has 5 fully saturated rings. The van der Waals surface area contributed by atoms with Crippen LogP contribution < -0.4 is 46.1 Å². The summed E-state index contributed by atoms with van der Waals surface area (Å²) < 4.78 is 119. The Morgan fingerprint density at radius 2 is 0.867 bits per heavy atom. The molecule has 1 atom stereocenters. The van der Waals surface area contributed by atoms with E-state index in [4.69, 9.17) is 63.5 Å². The first-order valence-electron chi connectivity index (χ1n) is 34.5. The second-order valence-electron chi connectivity index (χ2n) is 26.3. The average Bonchev–Trinajstić information content (AvgIpc) is 1.56. The monoisotopic (exact) mass is 1580 g/mol. The summed E-state index contributed by atoms with van der Waals surface area (Å²) >= 11 is 19.1. The maximum atomic E-state index is 13.5. The van der Waals surface area contributed by atoms with Gasteiger partial charge in [0, 0.05) is 120 Å². The first-order chi connectivity index (χ1) is 50.3. The number of methoxy groups -OCH3 is 3. The van der Waals surface area contributed by atoms with Gasteiger partial charge in [-0.25, -0.2) is 25.3 Å². The number of aromatic amines is 3. The Morgan fingerprint density at radius 1 is 0.495 bits per heavy atom. The van der Waals surface area contributed by atoms with Gasteiger partial charge in [0.2, 0.25) is 37.9 Å². The standard InChI is InChI=1S/C28H38ClN7O4S.C21H27ClN6O5S2.C19H22ClN5O3S/c1-39-24-16-21(41(37,38)36-10-8-20(9-11-36)35-12-14-40-15-13-35)6-7-23(24)32-28-33-26(30-17-19-4-2-3-5-19)25-22(29)18-31-27(25)34-28;1-32-17-12-14(35(30,31)28-7-9-33-10-8-28)4-5-16(17)25-21-26-19(23-6-11-34(2,3)29)18-15(22)13-24-20(18)27-21;1-28-15-8-12(29(2,26)27)6-7-14(15)23-19-24-17(21-9-11-4-3-5-11)16-13(20)10-22-18(16)25-19/h6-7,16,18-20H,2-5,8-15,17H2,1H3,(H3,30,31,32,33,34);4-5,12-13H,2,6-11H2,1,3H3,(H3,23,24,25,26,27);6-8,10-11H,3-5,9H2,1-2H3,(H3,21,22,23,24,25). The average molecular weight is 1580 g/mol. The normalized spacial score (nSPS) is 17.4. The Labute approximate surface area is 625 Å². The number of anilines is 9. The first kappa shape index (κ1) is 76.9. The van der Waals surface area contributed by atoms with Gasteiger partial charge in [0.05, 0.1) is 111 Å². The zero-order chi connectivity index (χ0) is 74.2. The number of piperidine rings is 1. The Bertz CT molecular complexity index is 5050. The number of morpholine rings is 2. The number of sulfonamides is 2. The predicted molar refractivity (Wildman–Crippen MR) is 413 cm³/mol. The van der Waals surface area contributed by atoms with Crippen LogP contribution in [-0.2, 0) is 48.9 Å². The van der Waals surface area contributed by atoms with Crippen LogP contribution in [0.4, 0.5) is 52.4 Å². The summed E-state index contributed by atoms with van der Waals surface area (Å²) in [4.78, 5) is 39.5. The van der Waals surface area contributed by atoms with Crippen molar-refractivity contribution in [3.05, 3.63) is 88.3 Å². The number of aromatic nitrogens is 9. The third-order valence-corrected chi connectivity index (χ3v) is 25.9. The van der Waals surface area contributed by atoms with E-state index >= 15 is 0 Å². The molecule has 0 bridgehead atoms. The minimum atomic E-state index is -3.68. The van der Waals surface area contributed by atoms with Gasteiger partial charge in [-0.1, -0.05) is 54.1 Å². The Morgan fingerprint density at radius 3 is 1.25 bits per heavy atom. The molecule has 9 N–H and O–H groups in total. The minimum absolute atomic E-state index is 0.119. The number of ether oxygens (including phenoxy) is 5. The number of fused-ring (bicyclic) bond motifs is 3. The van der Waals surface area contributed by atoms with E-state index in [-0.39, 0.29) is 20.6 Å². The van der Waals surface area contributed by atoms with Crippen LogP contribution in [0.25, 0.3) is 33.1 Å². The highest BCUT2D eigenvalue weighted by Crippen LogP contribution is 2.39. The molecule has 566 valence electrons. The van der Waals surface area contributed by atoms with Gasteiger partial charge in [0.1, 0.15) is 51.6 Å². The molecule has 3 aromatic carbocycles. The quantitative estimate of drug-likeness (QED) is 0.0240. The van der Waals surface area contributed by atoms with E-state index in [0.717, 1.165) is 69.3 Å². The lowest BCUT2D eigenvalue weighted by Gasteiger charge is -2.39. The maximum absolute atomic E-state index is 13.5. The highest BCUT2D eigenvalue weighted by atomic mass is 35.5. The van der Waals surface area contributed by atoms with Crippen molar-refractivity contribution in [3.8, 4) is 17.2 Å². The molecular weight excluding hydrogens is 1500 g/mol. The van der Waals surface area contributed by atoms with Crippen molar-refractivity contribution >= 4 is 166 Å². The lowest BCUT2D eigenvalue weighted by molar-refractivity contribution is 0.00610. The van der Waals surface area contributed by atoms with Crippen LogP contribution >= 0.6 is 34.8 Å². The van der Waals surface area contributed by atoms with E-state index in [1.165, 1.54) is 94.8 Å². The van der Waals surface area contributed by atoms with Crippen molar-refractivity contribution < 1.29 is 53.1 Å². The van der Waals surface area contributed by atoms with Crippen LogP contribution in [0.5, 0.6) is 17.2 Å². The number of nitrogens with zero attached hydrogens (tertiary/aromatic N) is 9. The molecule has 5 aliphatic rings. The van der Waals surface area contributed by atoms with Crippen LogP contribution in [-0.4, -0.2) is 225 Å². The van der Waals surface area contributed by atoms with Crippen molar-refractivity contribution in [2.75, 3.05) is 157 Å². The molecule has 0 amide bonds. The number of H-pyrrole nitrogens is 3. The zero-order valence-electron chi connectivity index (χ0n) is 58.8. The number of hydrogen-bond acceptors (Lipinski definition) is 25. The molecule has 6 aromatic heterocycles. The summed E-state index contributed by atoms with van der Waals surface area (Å²) in [5, 5.41) is 23.1. The Kier molecular flexibility index (Phi) is 24.6. The van der Waals surface area contributed by atoms with Crippen molar-refractivity contribution in [2.24, 2.45) is 11.8 Å². The summed E-state index contributed by atoms with van der Waals surface area (Å²) in [6.45, 7) is 7.66. The summed E-state index contributed by atoms with van der Waals surface area (Å²) in [6.07, 6.45) is 18.0. The van der Waals surface area contributed by atoms with E-state index in [1.807, 2.05) is 0 Å². The number of rotatable bonds is 25. The fourth-order valence-electron chi connectivity index (χ4n) is 13.0. The van der Waals surface area contributed by atoms with Gasteiger partial charge in [0.25, 0.3) is 0 Å². The Balaban J connectivity index is 0.000000150. The largest absolute Gasteiger partial charge is 0.495 e. The van der Waals surface area contributed by atoms with Crippen molar-refractivity contribution in [1.29, 1.82) is 0 Å². The van der Waals surface area contributed by atoms with Gasteiger partial charge in [-0.2, -0.15) is 38.5 Å². The molecule has 3 aliphatic heterocycles. The van der Waals surface area contributed by atoms with E-state index in [1.54, 1.807) is 59.5 Å². The van der Waals surface area contributed by atoms with Crippen LogP contribution in [0.3, 0.4) is 0 Å². The SMILES string of the molecule is C=S(C)(=O)CCNc1nc(Nc2ccc(S(=O)(=O)N3CCOCC3)cc2OC)nc2[nH]cc(Cl)c12.COc1cc(S(=O)(=O)N2CCC(N3CCOCC3)CC2)ccc1Nc1nc(NCC2CCCC2)c2c(Cl)c[nH]c2n1.COc1cc(S(C)(=O)=O)ccc1Nc1nc(NCC2CCC2)c2c(Cl)c[nH]c2n1. The number of benzene rings is 3. The predicted octanol–water partition coefficient (Wildman–Crippen LogP) is 10.6. The molecule has 2 saturated carbocycles. The third-order valence-electron chi connectivity index (χ3n) is 19.0. The summed E-state index contributed by atoms with van der Waals surface area (Å²) in [7, 11) is -8.41. The van der Waals surface area contributed by atoms with Crippen LogP contribution in [0.2, 0.25) is 15.1 Å². The van der Waals surface area contributed by atoms with Crippen molar-refractivity contribution in [3.63, 3.8) is 0 Å². The summed E-state index contributed by atoms with van der Waals surface area (Å²) in [5.74, 6) is 9.07. The fourth-order valence-corrected chi connectivity index (χ4v) is 17.8.